The highest BCUT2D eigenvalue weighted by atomic mass is 35.5. The van der Waals surface area contributed by atoms with Crippen molar-refractivity contribution >= 4 is 29.0 Å². The van der Waals surface area contributed by atoms with E-state index in [1.54, 1.807) is 31.4 Å². The number of methoxy groups -OCH3 is 1. The standard InChI is InChI=1S/C15H17ClN4O2/c1-3-8-17-15(21)12-5-7-14(20-19-12)18-10-4-6-13(22-2)11(16)9-10/h4-7,9H,3,8H2,1-2H3,(H,17,21)(H,18,20). The molecule has 0 fully saturated rings. The van der Waals surface area contributed by atoms with Crippen LogP contribution in [-0.2, 0) is 0 Å². The summed E-state index contributed by atoms with van der Waals surface area (Å²) in [5, 5.41) is 14.2. The number of aromatic nitrogens is 2. The van der Waals surface area contributed by atoms with Crippen molar-refractivity contribution in [2.45, 2.75) is 13.3 Å². The van der Waals surface area contributed by atoms with Crippen molar-refractivity contribution in [3.63, 3.8) is 0 Å². The van der Waals surface area contributed by atoms with Gasteiger partial charge in [0.05, 0.1) is 12.1 Å². The van der Waals surface area contributed by atoms with Crippen LogP contribution >= 0.6 is 11.6 Å². The monoisotopic (exact) mass is 320 g/mol. The summed E-state index contributed by atoms with van der Waals surface area (Å²) in [7, 11) is 1.56. The molecule has 1 amide bonds. The third-order valence-electron chi connectivity index (χ3n) is 2.86. The molecule has 0 atom stereocenters. The molecule has 1 aromatic carbocycles. The normalized spacial score (nSPS) is 10.1. The second kappa shape index (κ2) is 7.61. The minimum absolute atomic E-state index is 0.228. The lowest BCUT2D eigenvalue weighted by Gasteiger charge is -2.08. The summed E-state index contributed by atoms with van der Waals surface area (Å²) in [5.41, 5.74) is 1.04. The molecule has 2 N–H and O–H groups in total. The van der Waals surface area contributed by atoms with Crippen LogP contribution in [0.2, 0.25) is 5.02 Å². The van der Waals surface area contributed by atoms with E-state index in [0.29, 0.717) is 23.1 Å². The lowest BCUT2D eigenvalue weighted by molar-refractivity contribution is 0.0947. The highest BCUT2D eigenvalue weighted by Crippen LogP contribution is 2.28. The third-order valence-corrected chi connectivity index (χ3v) is 3.15. The Balaban J connectivity index is 2.05. The van der Waals surface area contributed by atoms with Crippen LogP contribution in [-0.4, -0.2) is 29.8 Å². The van der Waals surface area contributed by atoms with Crippen molar-refractivity contribution < 1.29 is 9.53 Å². The number of rotatable bonds is 6. The van der Waals surface area contributed by atoms with Gasteiger partial charge < -0.3 is 15.4 Å². The predicted molar refractivity (Wildman–Crippen MR) is 85.9 cm³/mol. The number of halogens is 1. The Morgan fingerprint density at radius 3 is 2.68 bits per heavy atom. The van der Waals surface area contributed by atoms with Crippen LogP contribution in [0.15, 0.2) is 30.3 Å². The van der Waals surface area contributed by atoms with Gasteiger partial charge in [0.15, 0.2) is 11.5 Å². The number of nitrogens with one attached hydrogen (secondary N) is 2. The van der Waals surface area contributed by atoms with E-state index in [4.69, 9.17) is 16.3 Å². The number of carbonyl (C=O) groups excluding carboxylic acids is 1. The second-order valence-corrected chi connectivity index (χ2v) is 4.94. The molecular weight excluding hydrogens is 304 g/mol. The number of anilines is 2. The first-order valence-corrected chi connectivity index (χ1v) is 7.24. The fourth-order valence-electron chi connectivity index (χ4n) is 1.74. The smallest absolute Gasteiger partial charge is 0.271 e. The van der Waals surface area contributed by atoms with E-state index in [1.807, 2.05) is 13.0 Å². The van der Waals surface area contributed by atoms with Crippen LogP contribution in [0.4, 0.5) is 11.5 Å². The number of ether oxygens (including phenoxy) is 1. The Hall–Kier alpha value is -2.34. The van der Waals surface area contributed by atoms with E-state index in [-0.39, 0.29) is 11.6 Å². The van der Waals surface area contributed by atoms with Crippen molar-refractivity contribution in [3.8, 4) is 5.75 Å². The maximum Gasteiger partial charge on any atom is 0.271 e. The van der Waals surface area contributed by atoms with Gasteiger partial charge in [0.25, 0.3) is 5.91 Å². The topological polar surface area (TPSA) is 76.1 Å². The largest absolute Gasteiger partial charge is 0.495 e. The van der Waals surface area contributed by atoms with Gasteiger partial charge in [-0.05, 0) is 36.8 Å². The Kier molecular flexibility index (Phi) is 5.55. The van der Waals surface area contributed by atoms with Crippen molar-refractivity contribution in [1.82, 2.24) is 15.5 Å². The van der Waals surface area contributed by atoms with Gasteiger partial charge in [-0.2, -0.15) is 0 Å². The SMILES string of the molecule is CCCNC(=O)c1ccc(Nc2ccc(OC)c(Cl)c2)nn1. The van der Waals surface area contributed by atoms with Gasteiger partial charge in [-0.3, -0.25) is 4.79 Å². The van der Waals surface area contributed by atoms with Crippen LogP contribution < -0.4 is 15.4 Å². The van der Waals surface area contributed by atoms with Gasteiger partial charge in [0, 0.05) is 12.2 Å². The number of benzene rings is 1. The highest BCUT2D eigenvalue weighted by Gasteiger charge is 2.08. The molecule has 0 spiro atoms. The summed E-state index contributed by atoms with van der Waals surface area (Å²) in [6.45, 7) is 2.60. The Labute approximate surface area is 133 Å². The van der Waals surface area contributed by atoms with E-state index in [1.165, 1.54) is 0 Å². The molecule has 0 saturated heterocycles. The molecule has 116 valence electrons. The number of hydrogen-bond donors (Lipinski definition) is 2. The quantitative estimate of drug-likeness (QED) is 0.855. The molecule has 0 radical (unpaired) electrons. The molecule has 0 saturated carbocycles. The molecule has 0 unspecified atom stereocenters. The first-order chi connectivity index (χ1) is 10.6. The number of amides is 1. The zero-order chi connectivity index (χ0) is 15.9. The van der Waals surface area contributed by atoms with Crippen molar-refractivity contribution in [2.75, 3.05) is 19.0 Å². The summed E-state index contributed by atoms with van der Waals surface area (Å²) in [5.74, 6) is 0.892. The first-order valence-electron chi connectivity index (χ1n) is 6.86. The van der Waals surface area contributed by atoms with Gasteiger partial charge in [-0.1, -0.05) is 18.5 Å². The average Bonchev–Trinajstić information content (AvgIpc) is 2.53. The zero-order valence-corrected chi connectivity index (χ0v) is 13.1. The number of nitrogens with zero attached hydrogens (tertiary/aromatic N) is 2. The minimum atomic E-state index is -0.228. The van der Waals surface area contributed by atoms with Crippen LogP contribution in [0, 0.1) is 0 Å². The van der Waals surface area contributed by atoms with E-state index in [2.05, 4.69) is 20.8 Å². The molecule has 2 aromatic rings. The Morgan fingerprint density at radius 2 is 2.09 bits per heavy atom. The minimum Gasteiger partial charge on any atom is -0.495 e. The van der Waals surface area contributed by atoms with E-state index >= 15 is 0 Å². The molecule has 22 heavy (non-hydrogen) atoms. The van der Waals surface area contributed by atoms with Gasteiger partial charge in [0.2, 0.25) is 0 Å². The van der Waals surface area contributed by atoms with Crippen molar-refractivity contribution in [3.05, 3.63) is 41.0 Å². The summed E-state index contributed by atoms with van der Waals surface area (Å²) < 4.78 is 5.09. The molecule has 0 aliphatic carbocycles. The Morgan fingerprint density at radius 1 is 1.27 bits per heavy atom. The molecule has 0 aliphatic heterocycles. The van der Waals surface area contributed by atoms with Crippen LogP contribution in [0.3, 0.4) is 0 Å². The van der Waals surface area contributed by atoms with Gasteiger partial charge in [-0.15, -0.1) is 10.2 Å². The molecule has 0 aliphatic rings. The van der Waals surface area contributed by atoms with Crippen LogP contribution in [0.25, 0.3) is 0 Å². The summed E-state index contributed by atoms with van der Waals surface area (Å²) in [6.07, 6.45) is 0.872. The van der Waals surface area contributed by atoms with Gasteiger partial charge >= 0.3 is 0 Å². The maximum atomic E-state index is 11.7. The molecular formula is C15H17ClN4O2. The van der Waals surface area contributed by atoms with E-state index in [0.717, 1.165) is 12.1 Å². The fraction of sp³-hybridized carbons (Fsp3) is 0.267. The van der Waals surface area contributed by atoms with Crippen LogP contribution in [0.1, 0.15) is 23.8 Å². The predicted octanol–water partition coefficient (Wildman–Crippen LogP) is 3.02. The zero-order valence-electron chi connectivity index (χ0n) is 12.4. The maximum absolute atomic E-state index is 11.7. The van der Waals surface area contributed by atoms with Gasteiger partial charge in [0.1, 0.15) is 5.75 Å². The highest BCUT2D eigenvalue weighted by molar-refractivity contribution is 6.32. The number of hydrogen-bond acceptors (Lipinski definition) is 5. The van der Waals surface area contributed by atoms with E-state index < -0.39 is 0 Å². The lowest BCUT2D eigenvalue weighted by Crippen LogP contribution is -2.25. The second-order valence-electron chi connectivity index (χ2n) is 4.53. The summed E-state index contributed by atoms with van der Waals surface area (Å²) in [6, 6.07) is 8.60. The van der Waals surface area contributed by atoms with Gasteiger partial charge in [-0.25, -0.2) is 0 Å². The van der Waals surface area contributed by atoms with Crippen molar-refractivity contribution in [2.24, 2.45) is 0 Å². The molecule has 0 bridgehead atoms. The Bertz CT molecular complexity index is 646. The lowest BCUT2D eigenvalue weighted by atomic mass is 10.3. The molecule has 2 rings (SSSR count). The van der Waals surface area contributed by atoms with Crippen LogP contribution in [0.5, 0.6) is 5.75 Å². The van der Waals surface area contributed by atoms with E-state index in [9.17, 15) is 4.79 Å². The average molecular weight is 321 g/mol. The first kappa shape index (κ1) is 16.0. The fourth-order valence-corrected chi connectivity index (χ4v) is 2.00. The molecule has 7 heteroatoms. The molecule has 6 nitrogen and oxygen atoms in total. The summed E-state index contributed by atoms with van der Waals surface area (Å²) in [4.78, 5) is 11.7. The van der Waals surface area contributed by atoms with Crippen molar-refractivity contribution in [1.29, 1.82) is 0 Å². The summed E-state index contributed by atoms with van der Waals surface area (Å²) >= 11 is 6.06. The number of carbonyl (C=O) groups is 1. The molecule has 1 aromatic heterocycles. The third kappa shape index (κ3) is 4.08. The molecule has 1 heterocycles.